The number of carbonyl (C=O) groups is 2. The van der Waals surface area contributed by atoms with Gasteiger partial charge < -0.3 is 15.7 Å². The van der Waals surface area contributed by atoms with Crippen molar-refractivity contribution in [1.82, 2.24) is 4.90 Å². The standard InChI is InChI=1S/C15H20N2O3/c1-2-10(8-16)14(18)17-7-6-12-11(9-17)4-3-5-13(12)15(19)20/h3-5,10H,2,6-9,16H2,1H3,(H,19,20). The van der Waals surface area contributed by atoms with Gasteiger partial charge in [0.25, 0.3) is 0 Å². The number of nitrogens with zero attached hydrogens (tertiary/aromatic N) is 1. The van der Waals surface area contributed by atoms with Crippen LogP contribution in [-0.4, -0.2) is 35.0 Å². The van der Waals surface area contributed by atoms with Gasteiger partial charge in [-0.25, -0.2) is 4.79 Å². The summed E-state index contributed by atoms with van der Waals surface area (Å²) >= 11 is 0. The number of carbonyl (C=O) groups excluding carboxylic acids is 1. The second-order valence-corrected chi connectivity index (χ2v) is 5.10. The Bertz CT molecular complexity index is 524. The van der Waals surface area contributed by atoms with E-state index in [1.54, 1.807) is 17.0 Å². The van der Waals surface area contributed by atoms with Crippen molar-refractivity contribution >= 4 is 11.9 Å². The molecule has 5 heteroatoms. The molecule has 1 aromatic rings. The first-order valence-corrected chi connectivity index (χ1v) is 6.91. The van der Waals surface area contributed by atoms with E-state index in [-0.39, 0.29) is 11.8 Å². The van der Waals surface area contributed by atoms with Gasteiger partial charge in [0, 0.05) is 19.6 Å². The lowest BCUT2D eigenvalue weighted by Gasteiger charge is -2.32. The minimum Gasteiger partial charge on any atom is -0.478 e. The summed E-state index contributed by atoms with van der Waals surface area (Å²) in [5.41, 5.74) is 7.75. The molecule has 0 spiro atoms. The highest BCUT2D eigenvalue weighted by molar-refractivity contribution is 5.90. The Balaban J connectivity index is 2.22. The average molecular weight is 276 g/mol. The fourth-order valence-electron chi connectivity index (χ4n) is 2.70. The van der Waals surface area contributed by atoms with E-state index in [2.05, 4.69) is 0 Å². The van der Waals surface area contributed by atoms with Gasteiger partial charge in [-0.2, -0.15) is 0 Å². The summed E-state index contributed by atoms with van der Waals surface area (Å²) in [6, 6.07) is 5.24. The van der Waals surface area contributed by atoms with E-state index in [0.29, 0.717) is 31.6 Å². The molecular weight excluding hydrogens is 256 g/mol. The normalized spacial score (nSPS) is 15.6. The van der Waals surface area contributed by atoms with Crippen LogP contribution >= 0.6 is 0 Å². The molecule has 2 rings (SSSR count). The Morgan fingerprint density at radius 1 is 1.45 bits per heavy atom. The van der Waals surface area contributed by atoms with Gasteiger partial charge >= 0.3 is 5.97 Å². The minimum absolute atomic E-state index is 0.0707. The highest BCUT2D eigenvalue weighted by Crippen LogP contribution is 2.24. The second-order valence-electron chi connectivity index (χ2n) is 5.10. The summed E-state index contributed by atoms with van der Waals surface area (Å²) in [7, 11) is 0. The molecular formula is C15H20N2O3. The third-order valence-corrected chi connectivity index (χ3v) is 3.93. The zero-order valence-corrected chi connectivity index (χ0v) is 11.6. The molecule has 1 aromatic carbocycles. The first kappa shape index (κ1) is 14.5. The largest absolute Gasteiger partial charge is 0.478 e. The predicted octanol–water partition coefficient (Wildman–Crippen LogP) is 1.25. The van der Waals surface area contributed by atoms with Gasteiger partial charge in [-0.3, -0.25) is 4.79 Å². The van der Waals surface area contributed by atoms with Crippen LogP contribution in [0.3, 0.4) is 0 Å². The van der Waals surface area contributed by atoms with Gasteiger partial charge in [0.2, 0.25) is 5.91 Å². The number of nitrogens with two attached hydrogens (primary N) is 1. The smallest absolute Gasteiger partial charge is 0.335 e. The monoisotopic (exact) mass is 276 g/mol. The number of carboxylic acid groups (broad SMARTS) is 1. The summed E-state index contributed by atoms with van der Waals surface area (Å²) in [6.45, 7) is 3.35. The lowest BCUT2D eigenvalue weighted by Crippen LogP contribution is -2.42. The highest BCUT2D eigenvalue weighted by atomic mass is 16.4. The maximum absolute atomic E-state index is 12.3. The van der Waals surface area contributed by atoms with Crippen molar-refractivity contribution in [1.29, 1.82) is 0 Å². The lowest BCUT2D eigenvalue weighted by molar-refractivity contribution is -0.136. The van der Waals surface area contributed by atoms with E-state index in [4.69, 9.17) is 5.73 Å². The molecule has 1 aliphatic heterocycles. The van der Waals surface area contributed by atoms with Crippen LogP contribution in [0, 0.1) is 5.92 Å². The van der Waals surface area contributed by atoms with Crippen LogP contribution in [-0.2, 0) is 17.8 Å². The molecule has 108 valence electrons. The average Bonchev–Trinajstić information content (AvgIpc) is 2.47. The molecule has 1 aliphatic rings. The van der Waals surface area contributed by atoms with Crippen LogP contribution in [0.15, 0.2) is 18.2 Å². The van der Waals surface area contributed by atoms with Gasteiger partial charge in [-0.1, -0.05) is 19.1 Å². The number of aromatic carboxylic acids is 1. The van der Waals surface area contributed by atoms with Crippen molar-refractivity contribution in [2.24, 2.45) is 11.7 Å². The summed E-state index contributed by atoms with van der Waals surface area (Å²) in [4.78, 5) is 25.3. The van der Waals surface area contributed by atoms with Gasteiger partial charge in [0.15, 0.2) is 0 Å². The number of benzene rings is 1. The summed E-state index contributed by atoms with van der Waals surface area (Å²) in [5.74, 6) is -0.976. The number of rotatable bonds is 4. The topological polar surface area (TPSA) is 83.6 Å². The van der Waals surface area contributed by atoms with Gasteiger partial charge in [0.1, 0.15) is 0 Å². The summed E-state index contributed by atoms with van der Waals surface area (Å²) < 4.78 is 0. The number of hydrogen-bond donors (Lipinski definition) is 2. The van der Waals surface area contributed by atoms with E-state index in [1.165, 1.54) is 0 Å². The maximum Gasteiger partial charge on any atom is 0.335 e. The SMILES string of the molecule is CCC(CN)C(=O)N1CCc2c(cccc2C(=O)O)C1. The maximum atomic E-state index is 12.3. The Hall–Kier alpha value is -1.88. The highest BCUT2D eigenvalue weighted by Gasteiger charge is 2.27. The van der Waals surface area contributed by atoms with Crippen LogP contribution < -0.4 is 5.73 Å². The third kappa shape index (κ3) is 2.67. The number of fused-ring (bicyclic) bond motifs is 1. The molecule has 5 nitrogen and oxygen atoms in total. The quantitative estimate of drug-likeness (QED) is 0.867. The second kappa shape index (κ2) is 6.05. The Kier molecular flexibility index (Phi) is 4.39. The first-order valence-electron chi connectivity index (χ1n) is 6.91. The molecule has 3 N–H and O–H groups in total. The molecule has 0 aromatic heterocycles. The molecule has 1 atom stereocenters. The molecule has 0 aliphatic carbocycles. The van der Waals surface area contributed by atoms with Crippen LogP contribution in [0.2, 0.25) is 0 Å². The fraction of sp³-hybridized carbons (Fsp3) is 0.467. The van der Waals surface area contributed by atoms with Gasteiger partial charge in [0.05, 0.1) is 11.5 Å². The number of amides is 1. The van der Waals surface area contributed by atoms with Crippen molar-refractivity contribution in [3.63, 3.8) is 0 Å². The zero-order valence-electron chi connectivity index (χ0n) is 11.6. The van der Waals surface area contributed by atoms with E-state index >= 15 is 0 Å². The molecule has 1 heterocycles. The van der Waals surface area contributed by atoms with Crippen LogP contribution in [0.5, 0.6) is 0 Å². The van der Waals surface area contributed by atoms with Crippen molar-refractivity contribution in [2.75, 3.05) is 13.1 Å². The Labute approximate surface area is 118 Å². The van der Waals surface area contributed by atoms with Crippen molar-refractivity contribution < 1.29 is 14.7 Å². The van der Waals surface area contributed by atoms with Crippen molar-refractivity contribution in [3.8, 4) is 0 Å². The first-order chi connectivity index (χ1) is 9.58. The van der Waals surface area contributed by atoms with Crippen LogP contribution in [0.25, 0.3) is 0 Å². The molecule has 0 fully saturated rings. The molecule has 0 saturated carbocycles. The van der Waals surface area contributed by atoms with E-state index in [0.717, 1.165) is 17.5 Å². The van der Waals surface area contributed by atoms with E-state index in [9.17, 15) is 14.7 Å². The molecule has 0 saturated heterocycles. The molecule has 1 amide bonds. The molecule has 1 unspecified atom stereocenters. The van der Waals surface area contributed by atoms with Gasteiger partial charge in [-0.15, -0.1) is 0 Å². The number of carboxylic acids is 1. The number of hydrogen-bond acceptors (Lipinski definition) is 3. The molecule has 0 radical (unpaired) electrons. The van der Waals surface area contributed by atoms with E-state index in [1.807, 2.05) is 13.0 Å². The van der Waals surface area contributed by atoms with Crippen molar-refractivity contribution in [2.45, 2.75) is 26.3 Å². The van der Waals surface area contributed by atoms with E-state index < -0.39 is 5.97 Å². The predicted molar refractivity (Wildman–Crippen MR) is 75.4 cm³/mol. The van der Waals surface area contributed by atoms with Crippen LogP contribution in [0.4, 0.5) is 0 Å². The Morgan fingerprint density at radius 3 is 2.80 bits per heavy atom. The Morgan fingerprint density at radius 2 is 2.20 bits per heavy atom. The summed E-state index contributed by atoms with van der Waals surface area (Å²) in [5, 5.41) is 9.18. The lowest BCUT2D eigenvalue weighted by atomic mass is 9.93. The fourth-order valence-corrected chi connectivity index (χ4v) is 2.70. The van der Waals surface area contributed by atoms with Gasteiger partial charge in [-0.05, 0) is 30.0 Å². The molecule has 0 bridgehead atoms. The minimum atomic E-state index is -0.907. The summed E-state index contributed by atoms with van der Waals surface area (Å²) in [6.07, 6.45) is 1.32. The van der Waals surface area contributed by atoms with Crippen LogP contribution in [0.1, 0.15) is 34.8 Å². The zero-order chi connectivity index (χ0) is 14.7. The van der Waals surface area contributed by atoms with Crippen molar-refractivity contribution in [3.05, 3.63) is 34.9 Å². The molecule has 20 heavy (non-hydrogen) atoms. The third-order valence-electron chi connectivity index (χ3n) is 3.93.